The van der Waals surface area contributed by atoms with Crippen LogP contribution in [-0.4, -0.2) is 10.4 Å². The molecule has 2 atom stereocenters. The van der Waals surface area contributed by atoms with Crippen molar-refractivity contribution in [1.82, 2.24) is 4.98 Å². The highest BCUT2D eigenvalue weighted by Gasteiger charge is 2.23. The van der Waals surface area contributed by atoms with Crippen molar-refractivity contribution in [3.8, 4) is 0 Å². The Morgan fingerprint density at radius 3 is 3.00 bits per heavy atom. The Balaban J connectivity index is 1.93. The van der Waals surface area contributed by atoms with Crippen molar-refractivity contribution in [2.24, 2.45) is 5.92 Å². The quantitative estimate of drug-likeness (QED) is 0.689. The van der Waals surface area contributed by atoms with Crippen molar-refractivity contribution in [3.05, 3.63) is 16.6 Å². The molecule has 0 radical (unpaired) electrons. The van der Waals surface area contributed by atoms with Crippen molar-refractivity contribution in [2.75, 3.05) is 0 Å². The summed E-state index contributed by atoms with van der Waals surface area (Å²) >= 11 is 8.03. The SMILES string of the molecule is ClC1CCCCC1Cc1nccs1. The third-order valence-corrected chi connectivity index (χ3v) is 4.11. The van der Waals surface area contributed by atoms with Gasteiger partial charge in [0.05, 0.1) is 5.01 Å². The van der Waals surface area contributed by atoms with E-state index >= 15 is 0 Å². The molecule has 1 aliphatic carbocycles. The molecule has 2 unspecified atom stereocenters. The number of hydrogen-bond acceptors (Lipinski definition) is 2. The molecule has 1 nitrogen and oxygen atoms in total. The van der Waals surface area contributed by atoms with Crippen LogP contribution in [0.15, 0.2) is 11.6 Å². The van der Waals surface area contributed by atoms with Crippen LogP contribution in [0.25, 0.3) is 0 Å². The van der Waals surface area contributed by atoms with Crippen LogP contribution in [-0.2, 0) is 6.42 Å². The summed E-state index contributed by atoms with van der Waals surface area (Å²) < 4.78 is 0. The van der Waals surface area contributed by atoms with Gasteiger partial charge < -0.3 is 0 Å². The van der Waals surface area contributed by atoms with Crippen molar-refractivity contribution in [1.29, 1.82) is 0 Å². The van der Waals surface area contributed by atoms with Gasteiger partial charge in [0.2, 0.25) is 0 Å². The summed E-state index contributed by atoms with van der Waals surface area (Å²) in [7, 11) is 0. The minimum atomic E-state index is 0.387. The van der Waals surface area contributed by atoms with E-state index in [2.05, 4.69) is 4.98 Å². The van der Waals surface area contributed by atoms with Crippen LogP contribution in [0, 0.1) is 5.92 Å². The summed E-state index contributed by atoms with van der Waals surface area (Å²) in [6.07, 6.45) is 8.10. The van der Waals surface area contributed by atoms with Gasteiger partial charge in [-0.1, -0.05) is 12.8 Å². The molecule has 1 saturated carbocycles. The van der Waals surface area contributed by atoms with Gasteiger partial charge in [-0.2, -0.15) is 0 Å². The fourth-order valence-corrected chi connectivity index (χ4v) is 3.05. The van der Waals surface area contributed by atoms with Gasteiger partial charge >= 0.3 is 0 Å². The molecule has 0 aromatic carbocycles. The van der Waals surface area contributed by atoms with E-state index in [4.69, 9.17) is 11.6 Å². The van der Waals surface area contributed by atoms with Crippen LogP contribution in [0.4, 0.5) is 0 Å². The molecule has 0 bridgehead atoms. The Kier molecular flexibility index (Phi) is 3.23. The molecule has 0 spiro atoms. The molecule has 2 rings (SSSR count). The van der Waals surface area contributed by atoms with Gasteiger partial charge in [-0.15, -0.1) is 22.9 Å². The van der Waals surface area contributed by atoms with Crippen LogP contribution < -0.4 is 0 Å². The molecule has 0 saturated heterocycles. The van der Waals surface area contributed by atoms with Crippen molar-refractivity contribution in [2.45, 2.75) is 37.5 Å². The van der Waals surface area contributed by atoms with E-state index in [1.807, 2.05) is 11.6 Å². The molecule has 3 heteroatoms. The largest absolute Gasteiger partial charge is 0.250 e. The summed E-state index contributed by atoms with van der Waals surface area (Å²) in [5.41, 5.74) is 0. The molecular formula is C10H14ClNS. The maximum Gasteiger partial charge on any atom is 0.0928 e. The van der Waals surface area contributed by atoms with Gasteiger partial charge in [-0.25, -0.2) is 4.98 Å². The van der Waals surface area contributed by atoms with E-state index < -0.39 is 0 Å². The monoisotopic (exact) mass is 215 g/mol. The van der Waals surface area contributed by atoms with Gasteiger partial charge in [0.25, 0.3) is 0 Å². The highest BCUT2D eigenvalue weighted by Crippen LogP contribution is 2.31. The lowest BCUT2D eigenvalue weighted by Gasteiger charge is -2.26. The number of nitrogens with zero attached hydrogens (tertiary/aromatic N) is 1. The molecule has 1 aromatic heterocycles. The molecule has 13 heavy (non-hydrogen) atoms. The normalized spacial score (nSPS) is 29.0. The summed E-state index contributed by atoms with van der Waals surface area (Å²) in [4.78, 5) is 4.30. The van der Waals surface area contributed by atoms with Crippen molar-refractivity contribution >= 4 is 22.9 Å². The van der Waals surface area contributed by atoms with E-state index in [0.29, 0.717) is 11.3 Å². The Labute approximate surface area is 88.1 Å². The molecule has 72 valence electrons. The van der Waals surface area contributed by atoms with Crippen LogP contribution in [0.5, 0.6) is 0 Å². The number of aromatic nitrogens is 1. The first kappa shape index (κ1) is 9.47. The fraction of sp³-hybridized carbons (Fsp3) is 0.700. The Bertz CT molecular complexity index is 247. The third kappa shape index (κ3) is 2.44. The van der Waals surface area contributed by atoms with Gasteiger partial charge in [-0.05, 0) is 18.8 Å². The maximum atomic E-state index is 6.28. The zero-order valence-corrected chi connectivity index (χ0v) is 9.15. The summed E-state index contributed by atoms with van der Waals surface area (Å²) in [5.74, 6) is 0.668. The highest BCUT2D eigenvalue weighted by atomic mass is 35.5. The third-order valence-electron chi connectivity index (χ3n) is 2.74. The Morgan fingerprint density at radius 2 is 2.31 bits per heavy atom. The van der Waals surface area contributed by atoms with E-state index in [-0.39, 0.29) is 0 Å². The molecule has 1 heterocycles. The zero-order valence-electron chi connectivity index (χ0n) is 7.58. The molecule has 0 aliphatic heterocycles. The second kappa shape index (κ2) is 4.43. The molecular weight excluding hydrogens is 202 g/mol. The highest BCUT2D eigenvalue weighted by molar-refractivity contribution is 7.09. The average Bonchev–Trinajstić information content (AvgIpc) is 2.61. The van der Waals surface area contributed by atoms with Gasteiger partial charge in [0.15, 0.2) is 0 Å². The van der Waals surface area contributed by atoms with Crippen LogP contribution in [0.3, 0.4) is 0 Å². The first-order valence-electron chi connectivity index (χ1n) is 4.88. The Morgan fingerprint density at radius 1 is 1.46 bits per heavy atom. The number of hydrogen-bond donors (Lipinski definition) is 0. The predicted molar refractivity (Wildman–Crippen MR) is 57.4 cm³/mol. The van der Waals surface area contributed by atoms with Crippen molar-refractivity contribution in [3.63, 3.8) is 0 Å². The molecule has 0 amide bonds. The van der Waals surface area contributed by atoms with E-state index in [9.17, 15) is 0 Å². The first-order chi connectivity index (χ1) is 6.36. The van der Waals surface area contributed by atoms with Gasteiger partial charge in [-0.3, -0.25) is 0 Å². The molecule has 1 aromatic rings. The van der Waals surface area contributed by atoms with Gasteiger partial charge in [0.1, 0.15) is 0 Å². The minimum absolute atomic E-state index is 0.387. The van der Waals surface area contributed by atoms with Crippen LogP contribution >= 0.6 is 22.9 Å². The average molecular weight is 216 g/mol. The summed E-state index contributed by atoms with van der Waals surface area (Å²) in [5, 5.41) is 3.68. The maximum absolute atomic E-state index is 6.28. The predicted octanol–water partition coefficient (Wildman–Crippen LogP) is 3.48. The molecule has 0 N–H and O–H groups in total. The lowest BCUT2D eigenvalue weighted by atomic mass is 9.87. The number of halogens is 1. The summed E-state index contributed by atoms with van der Waals surface area (Å²) in [6, 6.07) is 0. The van der Waals surface area contributed by atoms with Gasteiger partial charge in [0, 0.05) is 23.4 Å². The number of thiazole rings is 1. The standard InChI is InChI=1S/C10H14ClNS/c11-9-4-2-1-3-8(9)7-10-12-5-6-13-10/h5-6,8-9H,1-4,7H2. The molecule has 1 aliphatic rings. The minimum Gasteiger partial charge on any atom is -0.250 e. The fourth-order valence-electron chi connectivity index (χ4n) is 1.97. The first-order valence-corrected chi connectivity index (χ1v) is 6.20. The zero-order chi connectivity index (χ0) is 9.10. The van der Waals surface area contributed by atoms with E-state index in [1.165, 1.54) is 30.7 Å². The Hall–Kier alpha value is -0.0800. The lowest BCUT2D eigenvalue weighted by Crippen LogP contribution is -2.21. The number of rotatable bonds is 2. The van der Waals surface area contributed by atoms with Crippen LogP contribution in [0.2, 0.25) is 0 Å². The molecule has 1 fully saturated rings. The van der Waals surface area contributed by atoms with E-state index in [1.54, 1.807) is 11.3 Å². The second-order valence-corrected chi connectivity index (χ2v) is 5.23. The van der Waals surface area contributed by atoms with E-state index in [0.717, 1.165) is 6.42 Å². The lowest BCUT2D eigenvalue weighted by molar-refractivity contribution is 0.363. The van der Waals surface area contributed by atoms with Crippen LogP contribution in [0.1, 0.15) is 30.7 Å². The summed E-state index contributed by atoms with van der Waals surface area (Å²) in [6.45, 7) is 0. The van der Waals surface area contributed by atoms with Crippen molar-refractivity contribution < 1.29 is 0 Å². The second-order valence-electron chi connectivity index (χ2n) is 3.69. The number of alkyl halides is 1. The topological polar surface area (TPSA) is 12.9 Å². The smallest absolute Gasteiger partial charge is 0.0928 e.